The molecule has 3 N–H and O–H groups in total. The first-order valence-corrected chi connectivity index (χ1v) is 12.2. The van der Waals surface area contributed by atoms with Gasteiger partial charge in [0.2, 0.25) is 11.8 Å². The lowest BCUT2D eigenvalue weighted by atomic mass is 9.79. The third-order valence-electron chi connectivity index (χ3n) is 6.32. The van der Waals surface area contributed by atoms with Gasteiger partial charge in [0.25, 0.3) is 0 Å². The number of nitrogens with one attached hydrogen (secondary N) is 1. The van der Waals surface area contributed by atoms with E-state index in [0.717, 1.165) is 12.8 Å². The van der Waals surface area contributed by atoms with Crippen LogP contribution in [0.1, 0.15) is 43.9 Å². The van der Waals surface area contributed by atoms with E-state index in [1.54, 1.807) is 31.2 Å². The van der Waals surface area contributed by atoms with Gasteiger partial charge >= 0.3 is 0 Å². The minimum absolute atomic E-state index is 0.0927. The molecule has 1 unspecified atom stereocenters. The number of carbonyl (C=O) groups excluding carboxylic acids is 2. The fourth-order valence-electron chi connectivity index (χ4n) is 4.35. The molecule has 1 aliphatic rings. The minimum Gasteiger partial charge on any atom is -0.468 e. The van der Waals surface area contributed by atoms with Crippen LogP contribution in [0.2, 0.25) is 0 Å². The fourth-order valence-corrected chi connectivity index (χ4v) is 6.06. The van der Waals surface area contributed by atoms with E-state index >= 15 is 0 Å². The molecule has 1 saturated carbocycles. The second-order valence-corrected chi connectivity index (χ2v) is 10.3. The van der Waals surface area contributed by atoms with Gasteiger partial charge in [0, 0.05) is 5.92 Å². The van der Waals surface area contributed by atoms with Crippen molar-refractivity contribution in [2.24, 2.45) is 17.6 Å². The normalized spacial score (nSPS) is 20.6. The Hall–Kier alpha value is -3.12. The molecule has 0 saturated heterocycles. The molecule has 1 heterocycles. The molecule has 1 aliphatic carbocycles. The molecule has 1 aromatic heterocycles. The molecule has 170 valence electrons. The highest BCUT2D eigenvalue weighted by atomic mass is 32.2. The van der Waals surface area contributed by atoms with Gasteiger partial charge in [-0.1, -0.05) is 25.0 Å². The Bertz CT molecular complexity index is 1100. The molecule has 8 nitrogen and oxygen atoms in total. The molecule has 3 atom stereocenters. The predicted molar refractivity (Wildman–Crippen MR) is 117 cm³/mol. The molecule has 0 spiro atoms. The average molecular weight is 458 g/mol. The maximum absolute atomic E-state index is 13.1. The van der Waals surface area contributed by atoms with Crippen molar-refractivity contribution >= 4 is 21.7 Å². The summed E-state index contributed by atoms with van der Waals surface area (Å²) in [7, 11) is -3.67. The highest BCUT2D eigenvalue weighted by Gasteiger charge is 2.39. The van der Waals surface area contributed by atoms with Crippen LogP contribution >= 0.6 is 0 Å². The van der Waals surface area contributed by atoms with Crippen LogP contribution in [0, 0.1) is 23.2 Å². The van der Waals surface area contributed by atoms with Crippen molar-refractivity contribution in [2.75, 3.05) is 12.3 Å². The third-order valence-corrected chi connectivity index (χ3v) is 8.18. The number of hydrogen-bond donors (Lipinski definition) is 2. The lowest BCUT2D eigenvalue weighted by Crippen LogP contribution is -2.39. The van der Waals surface area contributed by atoms with Crippen LogP contribution in [0.3, 0.4) is 0 Å². The lowest BCUT2D eigenvalue weighted by molar-refractivity contribution is -0.127. The number of nitrogens with zero attached hydrogens (tertiary/aromatic N) is 1. The second-order valence-electron chi connectivity index (χ2n) is 8.30. The fraction of sp³-hybridized carbons (Fsp3) is 0.435. The summed E-state index contributed by atoms with van der Waals surface area (Å²) in [6.45, 7) is 1.54. The lowest BCUT2D eigenvalue weighted by Gasteiger charge is -2.30. The Balaban J connectivity index is 1.82. The van der Waals surface area contributed by atoms with Crippen LogP contribution in [0.25, 0.3) is 0 Å². The summed E-state index contributed by atoms with van der Waals surface area (Å²) < 4.78 is 31.6. The van der Waals surface area contributed by atoms with E-state index < -0.39 is 27.1 Å². The maximum atomic E-state index is 13.1. The van der Waals surface area contributed by atoms with Gasteiger partial charge in [-0.2, -0.15) is 5.26 Å². The van der Waals surface area contributed by atoms with Gasteiger partial charge < -0.3 is 15.5 Å². The van der Waals surface area contributed by atoms with Crippen molar-refractivity contribution in [1.29, 1.82) is 5.26 Å². The number of furan rings is 1. The molecule has 2 aromatic rings. The molecule has 0 bridgehead atoms. The zero-order chi connectivity index (χ0) is 23.4. The highest BCUT2D eigenvalue weighted by molar-refractivity contribution is 7.91. The molecule has 9 heteroatoms. The number of sulfone groups is 1. The van der Waals surface area contributed by atoms with Crippen LogP contribution in [0.4, 0.5) is 0 Å². The number of hydrogen-bond acceptors (Lipinski definition) is 6. The third kappa shape index (κ3) is 4.70. The van der Waals surface area contributed by atoms with Crippen molar-refractivity contribution in [1.82, 2.24) is 5.32 Å². The number of nitriles is 1. The molecular formula is C23H27N3O5S. The summed E-state index contributed by atoms with van der Waals surface area (Å²) in [6.07, 6.45) is 4.41. The van der Waals surface area contributed by atoms with E-state index in [-0.39, 0.29) is 29.0 Å². The quantitative estimate of drug-likeness (QED) is 0.582. The first kappa shape index (κ1) is 23.5. The number of nitrogens with two attached hydrogens (primary N) is 1. The summed E-state index contributed by atoms with van der Waals surface area (Å²) in [4.78, 5) is 24.8. The van der Waals surface area contributed by atoms with Gasteiger partial charge in [-0.15, -0.1) is 0 Å². The van der Waals surface area contributed by atoms with Crippen molar-refractivity contribution in [3.63, 3.8) is 0 Å². The molecule has 1 aromatic carbocycles. The molecule has 0 aliphatic heterocycles. The largest absolute Gasteiger partial charge is 0.468 e. The van der Waals surface area contributed by atoms with Crippen molar-refractivity contribution in [3.8, 4) is 6.07 Å². The summed E-state index contributed by atoms with van der Waals surface area (Å²) in [5, 5.41) is 11.3. The molecular weight excluding hydrogens is 430 g/mol. The SMILES string of the molecule is CC(C(N)=O)(c1ccc(S(=O)(=O)C[C@H]2CCCC[C@@H]2C(=O)NCC#N)cc1)c1ccco1. The van der Waals surface area contributed by atoms with Crippen molar-refractivity contribution in [3.05, 3.63) is 54.0 Å². The molecule has 32 heavy (non-hydrogen) atoms. The van der Waals surface area contributed by atoms with Crippen LogP contribution in [-0.4, -0.2) is 32.5 Å². The van der Waals surface area contributed by atoms with E-state index in [1.165, 1.54) is 18.4 Å². The first-order valence-electron chi connectivity index (χ1n) is 10.5. The average Bonchev–Trinajstić information content (AvgIpc) is 3.32. The van der Waals surface area contributed by atoms with Gasteiger partial charge in [0.05, 0.1) is 23.0 Å². The minimum atomic E-state index is -3.67. The predicted octanol–water partition coefficient (Wildman–Crippen LogP) is 2.29. The second kappa shape index (κ2) is 9.57. The van der Waals surface area contributed by atoms with Crippen LogP contribution < -0.4 is 11.1 Å². The summed E-state index contributed by atoms with van der Waals surface area (Å²) >= 11 is 0. The summed E-state index contributed by atoms with van der Waals surface area (Å²) in [5.74, 6) is -1.40. The molecule has 3 rings (SSSR count). The Morgan fingerprint density at radius 2 is 1.91 bits per heavy atom. The van der Waals surface area contributed by atoms with Gasteiger partial charge in [0.1, 0.15) is 17.7 Å². The monoisotopic (exact) mass is 457 g/mol. The Morgan fingerprint density at radius 1 is 1.22 bits per heavy atom. The zero-order valence-corrected chi connectivity index (χ0v) is 18.7. The molecule has 2 amide bonds. The summed E-state index contributed by atoms with van der Waals surface area (Å²) in [6, 6.07) is 11.2. The Kier molecular flexibility index (Phi) is 7.04. The van der Waals surface area contributed by atoms with Gasteiger partial charge in [0.15, 0.2) is 9.84 Å². The van der Waals surface area contributed by atoms with Gasteiger partial charge in [-0.05, 0) is 55.5 Å². The van der Waals surface area contributed by atoms with Crippen LogP contribution in [0.15, 0.2) is 52.0 Å². The smallest absolute Gasteiger partial charge is 0.235 e. The zero-order valence-electron chi connectivity index (χ0n) is 17.9. The summed E-state index contributed by atoms with van der Waals surface area (Å²) in [5.41, 5.74) is 4.93. The molecule has 0 radical (unpaired) electrons. The number of amides is 2. The van der Waals surface area contributed by atoms with E-state index in [4.69, 9.17) is 15.4 Å². The van der Waals surface area contributed by atoms with E-state index in [1.807, 2.05) is 6.07 Å². The number of benzene rings is 1. The van der Waals surface area contributed by atoms with Crippen molar-refractivity contribution < 1.29 is 22.4 Å². The number of carbonyl (C=O) groups is 2. The van der Waals surface area contributed by atoms with Crippen LogP contribution in [-0.2, 0) is 24.8 Å². The van der Waals surface area contributed by atoms with Crippen molar-refractivity contribution in [2.45, 2.75) is 42.9 Å². The first-order chi connectivity index (χ1) is 15.2. The van der Waals surface area contributed by atoms with Gasteiger partial charge in [-0.3, -0.25) is 9.59 Å². The molecule has 1 fully saturated rings. The van der Waals surface area contributed by atoms with Gasteiger partial charge in [-0.25, -0.2) is 8.42 Å². The van der Waals surface area contributed by atoms with E-state index in [9.17, 15) is 18.0 Å². The topological polar surface area (TPSA) is 143 Å². The highest BCUT2D eigenvalue weighted by Crippen LogP contribution is 2.35. The Morgan fingerprint density at radius 3 is 2.50 bits per heavy atom. The van der Waals surface area contributed by atoms with E-state index in [2.05, 4.69) is 5.32 Å². The Labute approximate surface area is 187 Å². The number of primary amides is 1. The maximum Gasteiger partial charge on any atom is 0.235 e. The van der Waals surface area contributed by atoms with Crippen LogP contribution in [0.5, 0.6) is 0 Å². The number of rotatable bonds is 8. The van der Waals surface area contributed by atoms with E-state index in [0.29, 0.717) is 24.2 Å². The standard InChI is InChI=1S/C23H27N3O5S/c1-23(22(25)28,20-7-4-14-31-20)17-8-10-18(11-9-17)32(29,30)15-16-5-2-3-6-19(16)21(27)26-13-12-24/h4,7-11,14,16,19H,2-3,5-6,13,15H2,1H3,(H2,25,28)(H,26,27)/t16-,19+,23?/m1/s1.